The number of nitrogens with zero attached hydrogens (tertiary/aromatic N) is 3. The summed E-state index contributed by atoms with van der Waals surface area (Å²) in [6, 6.07) is 6.38. The van der Waals surface area contributed by atoms with Crippen molar-refractivity contribution >= 4 is 5.97 Å². The van der Waals surface area contributed by atoms with Gasteiger partial charge in [-0.1, -0.05) is 12.1 Å². The summed E-state index contributed by atoms with van der Waals surface area (Å²) in [4.78, 5) is 11.6. The van der Waals surface area contributed by atoms with Gasteiger partial charge in [-0.15, -0.1) is 10.2 Å². The molecule has 0 radical (unpaired) electrons. The van der Waals surface area contributed by atoms with Gasteiger partial charge in [0.05, 0.1) is 13.0 Å². The van der Waals surface area contributed by atoms with Crippen LogP contribution in [0.25, 0.3) is 0 Å². The third-order valence-electron chi connectivity index (χ3n) is 3.84. The highest BCUT2D eigenvalue weighted by atomic mass is 19.1. The first-order valence-corrected chi connectivity index (χ1v) is 6.90. The van der Waals surface area contributed by atoms with Crippen LogP contribution in [0, 0.1) is 11.7 Å². The van der Waals surface area contributed by atoms with Crippen LogP contribution in [-0.4, -0.2) is 27.8 Å². The smallest absolute Gasteiger partial charge is 0.309 e. The Morgan fingerprint density at radius 2 is 2.14 bits per heavy atom. The second kappa shape index (κ2) is 5.63. The molecule has 0 saturated carbocycles. The lowest BCUT2D eigenvalue weighted by Gasteiger charge is -2.21. The molecule has 0 amide bonds. The van der Waals surface area contributed by atoms with Gasteiger partial charge in [-0.2, -0.15) is 0 Å². The fourth-order valence-electron chi connectivity index (χ4n) is 2.67. The molecule has 1 atom stereocenters. The van der Waals surface area contributed by atoms with Gasteiger partial charge in [-0.05, 0) is 24.1 Å². The summed E-state index contributed by atoms with van der Waals surface area (Å²) in [6.07, 6.45) is 1.90. The fraction of sp³-hybridized carbons (Fsp3) is 0.400. The maximum absolute atomic E-state index is 12.9. The number of hydrogen-bond donors (Lipinski definition) is 0. The molecule has 1 aliphatic heterocycles. The van der Waals surface area contributed by atoms with Crippen molar-refractivity contribution in [3.8, 4) is 0 Å². The Bertz CT molecular complexity index is 651. The summed E-state index contributed by atoms with van der Waals surface area (Å²) in [7, 11) is 1.40. The number of aromatic nitrogens is 3. The van der Waals surface area contributed by atoms with Gasteiger partial charge < -0.3 is 9.30 Å². The molecular formula is C15H16FN3O2. The van der Waals surface area contributed by atoms with E-state index in [2.05, 4.69) is 10.2 Å². The van der Waals surface area contributed by atoms with E-state index in [1.165, 1.54) is 19.2 Å². The third-order valence-corrected chi connectivity index (χ3v) is 3.84. The molecule has 0 saturated heterocycles. The second-order valence-electron chi connectivity index (χ2n) is 5.20. The number of carbonyl (C=O) groups excluding carboxylic acids is 1. The van der Waals surface area contributed by atoms with Gasteiger partial charge in [0, 0.05) is 19.4 Å². The largest absolute Gasteiger partial charge is 0.469 e. The Morgan fingerprint density at radius 1 is 1.38 bits per heavy atom. The van der Waals surface area contributed by atoms with E-state index in [0.29, 0.717) is 19.4 Å². The summed E-state index contributed by atoms with van der Waals surface area (Å²) in [6.45, 7) is 0.707. The summed E-state index contributed by atoms with van der Waals surface area (Å²) < 4.78 is 19.7. The number of esters is 1. The van der Waals surface area contributed by atoms with Crippen molar-refractivity contribution in [2.45, 2.75) is 25.8 Å². The molecule has 1 unspecified atom stereocenters. The Balaban J connectivity index is 1.77. The average Bonchev–Trinajstić information content (AvgIpc) is 2.91. The minimum Gasteiger partial charge on any atom is -0.469 e. The summed E-state index contributed by atoms with van der Waals surface area (Å²) in [5.41, 5.74) is 0.988. The predicted molar refractivity (Wildman–Crippen MR) is 73.1 cm³/mol. The zero-order valence-corrected chi connectivity index (χ0v) is 11.8. The lowest BCUT2D eigenvalue weighted by molar-refractivity contribution is -0.146. The van der Waals surface area contributed by atoms with E-state index >= 15 is 0 Å². The van der Waals surface area contributed by atoms with Crippen LogP contribution in [-0.2, 0) is 28.9 Å². The molecule has 6 heteroatoms. The molecular weight excluding hydrogens is 273 g/mol. The maximum atomic E-state index is 12.9. The van der Waals surface area contributed by atoms with Crippen molar-refractivity contribution < 1.29 is 13.9 Å². The van der Waals surface area contributed by atoms with Gasteiger partial charge in [0.2, 0.25) is 0 Å². The highest BCUT2D eigenvalue weighted by molar-refractivity contribution is 5.72. The molecule has 1 aromatic carbocycles. The van der Waals surface area contributed by atoms with E-state index in [0.717, 1.165) is 23.6 Å². The molecule has 5 nitrogen and oxygen atoms in total. The van der Waals surface area contributed by atoms with Crippen LogP contribution < -0.4 is 0 Å². The van der Waals surface area contributed by atoms with Crippen molar-refractivity contribution in [1.82, 2.24) is 14.8 Å². The molecule has 0 fully saturated rings. The van der Waals surface area contributed by atoms with E-state index in [-0.39, 0.29) is 17.7 Å². The Kier molecular flexibility index (Phi) is 3.68. The van der Waals surface area contributed by atoms with E-state index in [1.54, 1.807) is 12.1 Å². The van der Waals surface area contributed by atoms with Crippen LogP contribution in [0.3, 0.4) is 0 Å². The standard InChI is InChI=1S/C15H16FN3O2/c1-21-15(20)11-6-7-19-13(17-18-14(19)9-11)8-10-2-4-12(16)5-3-10/h2-5,11H,6-9H2,1H3. The Morgan fingerprint density at radius 3 is 2.86 bits per heavy atom. The number of benzene rings is 1. The number of carbonyl (C=O) groups is 1. The first-order chi connectivity index (χ1) is 10.2. The Labute approximate surface area is 121 Å². The van der Waals surface area contributed by atoms with E-state index in [4.69, 9.17) is 4.74 Å². The van der Waals surface area contributed by atoms with Crippen LogP contribution in [0.4, 0.5) is 4.39 Å². The van der Waals surface area contributed by atoms with E-state index in [1.807, 2.05) is 4.57 Å². The first kappa shape index (κ1) is 13.7. The molecule has 0 bridgehead atoms. The zero-order chi connectivity index (χ0) is 14.8. The highest BCUT2D eigenvalue weighted by Crippen LogP contribution is 2.22. The summed E-state index contributed by atoms with van der Waals surface area (Å²) in [5.74, 6) is 1.09. The predicted octanol–water partition coefficient (Wildman–Crippen LogP) is 1.74. The number of methoxy groups -OCH3 is 1. The monoisotopic (exact) mass is 289 g/mol. The lowest BCUT2D eigenvalue weighted by atomic mass is 9.98. The van der Waals surface area contributed by atoms with Crippen molar-refractivity contribution in [1.29, 1.82) is 0 Å². The minimum absolute atomic E-state index is 0.134. The van der Waals surface area contributed by atoms with Crippen molar-refractivity contribution in [3.05, 3.63) is 47.3 Å². The number of hydrogen-bond acceptors (Lipinski definition) is 4. The third kappa shape index (κ3) is 2.79. The normalized spacial score (nSPS) is 17.3. The fourth-order valence-corrected chi connectivity index (χ4v) is 2.67. The molecule has 0 aliphatic carbocycles. The van der Waals surface area contributed by atoms with E-state index < -0.39 is 0 Å². The van der Waals surface area contributed by atoms with Crippen LogP contribution in [0.2, 0.25) is 0 Å². The van der Waals surface area contributed by atoms with Gasteiger partial charge in [0.1, 0.15) is 17.5 Å². The van der Waals surface area contributed by atoms with Crippen LogP contribution in [0.1, 0.15) is 23.6 Å². The second-order valence-corrected chi connectivity index (χ2v) is 5.20. The number of fused-ring (bicyclic) bond motifs is 1. The minimum atomic E-state index is -0.247. The quantitative estimate of drug-likeness (QED) is 0.808. The molecule has 1 aliphatic rings. The molecule has 3 rings (SSSR count). The number of rotatable bonds is 3. The average molecular weight is 289 g/mol. The van der Waals surface area contributed by atoms with Gasteiger partial charge in [-0.3, -0.25) is 4.79 Å². The summed E-state index contributed by atoms with van der Waals surface area (Å²) in [5, 5.41) is 8.37. The van der Waals surface area contributed by atoms with E-state index in [9.17, 15) is 9.18 Å². The van der Waals surface area contributed by atoms with Gasteiger partial charge >= 0.3 is 5.97 Å². The van der Waals surface area contributed by atoms with Crippen molar-refractivity contribution in [2.75, 3.05) is 7.11 Å². The lowest BCUT2D eigenvalue weighted by Crippen LogP contribution is -2.27. The highest BCUT2D eigenvalue weighted by Gasteiger charge is 2.28. The molecule has 110 valence electrons. The van der Waals surface area contributed by atoms with Crippen molar-refractivity contribution in [2.24, 2.45) is 5.92 Å². The van der Waals surface area contributed by atoms with Crippen LogP contribution >= 0.6 is 0 Å². The van der Waals surface area contributed by atoms with Crippen LogP contribution in [0.15, 0.2) is 24.3 Å². The SMILES string of the molecule is COC(=O)C1CCn2c(Cc3ccc(F)cc3)nnc2C1. The molecule has 2 heterocycles. The topological polar surface area (TPSA) is 57.0 Å². The molecule has 1 aromatic heterocycles. The Hall–Kier alpha value is -2.24. The molecule has 2 aromatic rings. The molecule has 0 N–H and O–H groups in total. The van der Waals surface area contributed by atoms with Gasteiger partial charge in [0.25, 0.3) is 0 Å². The van der Waals surface area contributed by atoms with Gasteiger partial charge in [0.15, 0.2) is 0 Å². The number of halogens is 1. The summed E-state index contributed by atoms with van der Waals surface area (Å²) >= 11 is 0. The first-order valence-electron chi connectivity index (χ1n) is 6.90. The van der Waals surface area contributed by atoms with Gasteiger partial charge in [-0.25, -0.2) is 4.39 Å². The number of ether oxygens (including phenoxy) is 1. The molecule has 0 spiro atoms. The van der Waals surface area contributed by atoms with Crippen molar-refractivity contribution in [3.63, 3.8) is 0 Å². The molecule has 21 heavy (non-hydrogen) atoms. The zero-order valence-electron chi connectivity index (χ0n) is 11.8. The van der Waals surface area contributed by atoms with Crippen LogP contribution in [0.5, 0.6) is 0 Å². The maximum Gasteiger partial charge on any atom is 0.309 e.